The van der Waals surface area contributed by atoms with E-state index in [0.29, 0.717) is 5.69 Å². The number of hydrogen-bond acceptors (Lipinski definition) is 7. The summed E-state index contributed by atoms with van der Waals surface area (Å²) in [4.78, 5) is 6.61. The van der Waals surface area contributed by atoms with E-state index in [0.717, 1.165) is 0 Å². The number of nitrogen functional groups attached to an aromatic ring is 1. The van der Waals surface area contributed by atoms with Gasteiger partial charge in [-0.1, -0.05) is 0 Å². The van der Waals surface area contributed by atoms with Crippen molar-refractivity contribution in [1.82, 2.24) is 20.2 Å². The molecule has 0 bridgehead atoms. The molecule has 20 heavy (non-hydrogen) atoms. The third-order valence-electron chi connectivity index (χ3n) is 2.21. The van der Waals surface area contributed by atoms with E-state index in [1.54, 1.807) is 12.1 Å². The first kappa shape index (κ1) is 13.9. The van der Waals surface area contributed by atoms with E-state index in [4.69, 9.17) is 5.84 Å². The van der Waals surface area contributed by atoms with Gasteiger partial charge in [-0.2, -0.15) is 23.4 Å². The fourth-order valence-corrected chi connectivity index (χ4v) is 1.35. The van der Waals surface area contributed by atoms with Crippen LogP contribution < -0.4 is 16.6 Å². The van der Waals surface area contributed by atoms with Gasteiger partial charge < -0.3 is 10.7 Å². The van der Waals surface area contributed by atoms with E-state index in [2.05, 4.69) is 30.9 Å². The van der Waals surface area contributed by atoms with Crippen molar-refractivity contribution in [2.75, 3.05) is 10.7 Å². The largest absolute Gasteiger partial charge is 0.451 e. The van der Waals surface area contributed by atoms with Gasteiger partial charge in [-0.15, -0.1) is 0 Å². The Balaban J connectivity index is 2.19. The van der Waals surface area contributed by atoms with Crippen molar-refractivity contribution in [1.29, 1.82) is 0 Å². The summed E-state index contributed by atoms with van der Waals surface area (Å²) in [6, 6.07) is 4.59. The Morgan fingerprint density at radius 1 is 1.20 bits per heavy atom. The van der Waals surface area contributed by atoms with Crippen molar-refractivity contribution >= 4 is 11.6 Å². The fraction of sp³-hybridized carbons (Fsp3) is 0.200. The van der Waals surface area contributed by atoms with Crippen LogP contribution in [0, 0.1) is 0 Å². The highest BCUT2D eigenvalue weighted by atomic mass is 19.4. The van der Waals surface area contributed by atoms with Crippen LogP contribution >= 0.6 is 0 Å². The van der Waals surface area contributed by atoms with Crippen molar-refractivity contribution in [3.05, 3.63) is 35.9 Å². The van der Waals surface area contributed by atoms with Crippen LogP contribution in [0.2, 0.25) is 0 Å². The first-order valence-corrected chi connectivity index (χ1v) is 5.42. The van der Waals surface area contributed by atoms with Crippen LogP contribution in [0.5, 0.6) is 0 Å². The van der Waals surface area contributed by atoms with Crippen molar-refractivity contribution in [3.63, 3.8) is 0 Å². The first-order chi connectivity index (χ1) is 9.49. The topological polar surface area (TPSA) is 102 Å². The number of alkyl halides is 3. The zero-order valence-corrected chi connectivity index (χ0v) is 10.0. The molecule has 0 aliphatic carbocycles. The second kappa shape index (κ2) is 5.65. The molecule has 2 aromatic rings. The van der Waals surface area contributed by atoms with E-state index in [1.165, 1.54) is 12.3 Å². The normalized spacial score (nSPS) is 11.2. The van der Waals surface area contributed by atoms with Crippen LogP contribution in [0.1, 0.15) is 11.5 Å². The summed E-state index contributed by atoms with van der Waals surface area (Å²) < 4.78 is 37.8. The third-order valence-corrected chi connectivity index (χ3v) is 2.21. The number of aromatic nitrogens is 4. The lowest BCUT2D eigenvalue weighted by molar-refractivity contribution is -0.144. The standard InChI is InChI=1S/C10H10F3N7/c11-10(12,13)9-17-7(4-8(18-9)19-14)15-5-6-2-1-3-16-20-6/h1-4H,5,14H2,(H2,15,17,18,19). The predicted octanol–water partition coefficient (Wildman–Crippen LogP) is 1.18. The summed E-state index contributed by atoms with van der Waals surface area (Å²) in [5.74, 6) is 3.63. The Labute approximate surface area is 111 Å². The summed E-state index contributed by atoms with van der Waals surface area (Å²) in [6.07, 6.45) is -3.16. The van der Waals surface area contributed by atoms with Crippen LogP contribution in [-0.2, 0) is 12.7 Å². The lowest BCUT2D eigenvalue weighted by atomic mass is 10.4. The molecule has 2 heterocycles. The molecule has 0 aromatic carbocycles. The Bertz CT molecular complexity index is 573. The second-order valence-electron chi connectivity index (χ2n) is 3.67. The smallest absolute Gasteiger partial charge is 0.364 e. The average molecular weight is 285 g/mol. The lowest BCUT2D eigenvalue weighted by Gasteiger charge is -2.10. The van der Waals surface area contributed by atoms with Gasteiger partial charge in [0.15, 0.2) is 0 Å². The van der Waals surface area contributed by atoms with Crippen LogP contribution in [0.15, 0.2) is 24.4 Å². The fourth-order valence-electron chi connectivity index (χ4n) is 1.35. The van der Waals surface area contributed by atoms with Gasteiger partial charge in [-0.3, -0.25) is 0 Å². The minimum absolute atomic E-state index is 0.0223. The van der Waals surface area contributed by atoms with E-state index in [-0.39, 0.29) is 18.2 Å². The second-order valence-corrected chi connectivity index (χ2v) is 3.67. The zero-order valence-electron chi connectivity index (χ0n) is 10.0. The van der Waals surface area contributed by atoms with Gasteiger partial charge in [-0.05, 0) is 12.1 Å². The Kier molecular flexibility index (Phi) is 3.94. The van der Waals surface area contributed by atoms with Gasteiger partial charge in [-0.25, -0.2) is 15.8 Å². The predicted molar refractivity (Wildman–Crippen MR) is 64.2 cm³/mol. The molecule has 0 spiro atoms. The summed E-state index contributed by atoms with van der Waals surface area (Å²) >= 11 is 0. The molecule has 0 radical (unpaired) electrons. The van der Waals surface area contributed by atoms with Crippen LogP contribution in [0.3, 0.4) is 0 Å². The summed E-state index contributed by atoms with van der Waals surface area (Å²) in [7, 11) is 0. The highest BCUT2D eigenvalue weighted by Crippen LogP contribution is 2.28. The Morgan fingerprint density at radius 3 is 2.55 bits per heavy atom. The monoisotopic (exact) mass is 285 g/mol. The van der Waals surface area contributed by atoms with E-state index < -0.39 is 12.0 Å². The van der Waals surface area contributed by atoms with E-state index >= 15 is 0 Å². The van der Waals surface area contributed by atoms with Gasteiger partial charge in [0, 0.05) is 12.3 Å². The average Bonchev–Trinajstić information content (AvgIpc) is 2.45. The summed E-state index contributed by atoms with van der Waals surface area (Å²) in [5, 5.41) is 10.1. The number of hydrazine groups is 1. The van der Waals surface area contributed by atoms with Crippen molar-refractivity contribution in [2.45, 2.75) is 12.7 Å². The van der Waals surface area contributed by atoms with Crippen molar-refractivity contribution in [3.8, 4) is 0 Å². The molecule has 2 aromatic heterocycles. The molecule has 2 rings (SSSR count). The molecule has 0 aliphatic rings. The number of nitrogens with zero attached hydrogens (tertiary/aromatic N) is 4. The summed E-state index contributed by atoms with van der Waals surface area (Å²) in [6.45, 7) is 0.173. The van der Waals surface area contributed by atoms with Gasteiger partial charge in [0.2, 0.25) is 5.82 Å². The van der Waals surface area contributed by atoms with Crippen LogP contribution in [0.4, 0.5) is 24.8 Å². The van der Waals surface area contributed by atoms with Crippen LogP contribution in [0.25, 0.3) is 0 Å². The number of rotatable bonds is 4. The number of hydrogen-bond donors (Lipinski definition) is 3. The molecule has 4 N–H and O–H groups in total. The van der Waals surface area contributed by atoms with E-state index in [1.807, 2.05) is 0 Å². The molecule has 106 valence electrons. The van der Waals surface area contributed by atoms with Crippen LogP contribution in [-0.4, -0.2) is 20.2 Å². The number of anilines is 2. The third kappa shape index (κ3) is 3.51. The molecule has 7 nitrogen and oxygen atoms in total. The number of nitrogens with two attached hydrogens (primary N) is 1. The van der Waals surface area contributed by atoms with Gasteiger partial charge in [0.1, 0.15) is 11.6 Å². The molecule has 0 atom stereocenters. The minimum Gasteiger partial charge on any atom is -0.364 e. The quantitative estimate of drug-likeness (QED) is 0.572. The molecule has 0 unspecified atom stereocenters. The highest BCUT2D eigenvalue weighted by Gasteiger charge is 2.35. The van der Waals surface area contributed by atoms with Gasteiger partial charge >= 0.3 is 6.18 Å². The molecule has 0 aliphatic heterocycles. The zero-order chi connectivity index (χ0) is 14.6. The number of nitrogens with one attached hydrogen (secondary N) is 2. The molecule has 0 saturated carbocycles. The van der Waals surface area contributed by atoms with Crippen molar-refractivity contribution in [2.24, 2.45) is 5.84 Å². The highest BCUT2D eigenvalue weighted by molar-refractivity contribution is 5.47. The van der Waals surface area contributed by atoms with Crippen molar-refractivity contribution < 1.29 is 13.2 Å². The lowest BCUT2D eigenvalue weighted by Crippen LogP contribution is -2.17. The molecule has 10 heteroatoms. The van der Waals surface area contributed by atoms with E-state index in [9.17, 15) is 13.2 Å². The molecule has 0 amide bonds. The first-order valence-electron chi connectivity index (χ1n) is 5.42. The maximum atomic E-state index is 12.6. The molecular formula is C10H10F3N7. The maximum absolute atomic E-state index is 12.6. The Hall–Kier alpha value is -2.49. The molecule has 0 fully saturated rings. The molecule has 0 saturated heterocycles. The maximum Gasteiger partial charge on any atom is 0.451 e. The Morgan fingerprint density at radius 2 is 1.95 bits per heavy atom. The van der Waals surface area contributed by atoms with Gasteiger partial charge in [0.05, 0.1) is 12.2 Å². The molecular weight excluding hydrogens is 275 g/mol. The SMILES string of the molecule is NNc1cc(NCc2cccnn2)nc(C(F)(F)F)n1. The van der Waals surface area contributed by atoms with Gasteiger partial charge in [0.25, 0.3) is 0 Å². The number of halogens is 3. The summed E-state index contributed by atoms with van der Waals surface area (Å²) in [5.41, 5.74) is 2.62. The minimum atomic E-state index is -4.66.